The summed E-state index contributed by atoms with van der Waals surface area (Å²) < 4.78 is 6.78. The minimum absolute atomic E-state index is 0.0903. The molecule has 0 spiro atoms. The Kier molecular flexibility index (Phi) is 3.97. The molecule has 21 heavy (non-hydrogen) atoms. The molecule has 3 rings (SSSR count). The molecule has 0 radical (unpaired) electrons. The molecule has 0 bridgehead atoms. The second-order valence-corrected chi connectivity index (χ2v) is 6.08. The van der Waals surface area contributed by atoms with Gasteiger partial charge in [-0.25, -0.2) is 0 Å². The molecule has 3 nitrogen and oxygen atoms in total. The van der Waals surface area contributed by atoms with Crippen LogP contribution in [0.3, 0.4) is 0 Å². The third-order valence-corrected chi connectivity index (χ3v) is 4.22. The van der Waals surface area contributed by atoms with Crippen LogP contribution in [0.4, 0.5) is 5.69 Å². The van der Waals surface area contributed by atoms with E-state index >= 15 is 0 Å². The Morgan fingerprint density at radius 1 is 1.24 bits per heavy atom. The quantitative estimate of drug-likeness (QED) is 0.890. The standard InChI is InChI=1S/C17H16BrNO2/c1-11-6-8-15(13(18)10-11)21-16-9-7-12-4-2-3-5-14(12)19-17(16)20/h2-6,8,10,16H,7,9H2,1H3,(H,19,20). The monoisotopic (exact) mass is 345 g/mol. The van der Waals surface area contributed by atoms with Crippen molar-refractivity contribution in [1.82, 2.24) is 0 Å². The fourth-order valence-electron chi connectivity index (χ4n) is 2.46. The zero-order chi connectivity index (χ0) is 14.8. The van der Waals surface area contributed by atoms with Crippen molar-refractivity contribution in [2.75, 3.05) is 5.32 Å². The minimum atomic E-state index is -0.476. The van der Waals surface area contributed by atoms with Gasteiger partial charge in [0.25, 0.3) is 5.91 Å². The molecule has 0 fully saturated rings. The lowest BCUT2D eigenvalue weighted by molar-refractivity contribution is -0.122. The molecule has 108 valence electrons. The van der Waals surface area contributed by atoms with Gasteiger partial charge in [-0.05, 0) is 65.0 Å². The summed E-state index contributed by atoms with van der Waals surface area (Å²) >= 11 is 3.48. The lowest BCUT2D eigenvalue weighted by Gasteiger charge is -2.17. The highest BCUT2D eigenvalue weighted by atomic mass is 79.9. The summed E-state index contributed by atoms with van der Waals surface area (Å²) in [5, 5.41) is 2.94. The average molecular weight is 346 g/mol. The molecule has 0 saturated carbocycles. The van der Waals surface area contributed by atoms with E-state index in [0.717, 1.165) is 27.7 Å². The molecule has 1 aliphatic heterocycles. The molecule has 0 aliphatic carbocycles. The largest absolute Gasteiger partial charge is 0.479 e. The maximum absolute atomic E-state index is 12.3. The highest BCUT2D eigenvalue weighted by molar-refractivity contribution is 9.10. The number of aryl methyl sites for hydroxylation is 2. The van der Waals surface area contributed by atoms with Crippen LogP contribution < -0.4 is 10.1 Å². The van der Waals surface area contributed by atoms with Crippen molar-refractivity contribution >= 4 is 27.5 Å². The minimum Gasteiger partial charge on any atom is -0.479 e. The van der Waals surface area contributed by atoms with E-state index in [1.54, 1.807) is 0 Å². The summed E-state index contributed by atoms with van der Waals surface area (Å²) in [5.74, 6) is 0.610. The summed E-state index contributed by atoms with van der Waals surface area (Å²) in [4.78, 5) is 12.3. The number of carbonyl (C=O) groups excluding carboxylic acids is 1. The van der Waals surface area contributed by atoms with Gasteiger partial charge in [-0.15, -0.1) is 0 Å². The van der Waals surface area contributed by atoms with Crippen LogP contribution in [0.5, 0.6) is 5.75 Å². The zero-order valence-corrected chi connectivity index (χ0v) is 13.3. The molecule has 2 aromatic rings. The summed E-state index contributed by atoms with van der Waals surface area (Å²) in [6.45, 7) is 2.02. The summed E-state index contributed by atoms with van der Waals surface area (Å²) in [6, 6.07) is 13.7. The van der Waals surface area contributed by atoms with Crippen LogP contribution in [0.15, 0.2) is 46.9 Å². The number of halogens is 1. The van der Waals surface area contributed by atoms with Crippen LogP contribution in [-0.4, -0.2) is 12.0 Å². The summed E-state index contributed by atoms with van der Waals surface area (Å²) in [7, 11) is 0. The number of ether oxygens (including phenoxy) is 1. The van der Waals surface area contributed by atoms with Crippen LogP contribution in [-0.2, 0) is 11.2 Å². The first-order valence-corrected chi connectivity index (χ1v) is 7.74. The molecule has 1 heterocycles. The third-order valence-electron chi connectivity index (χ3n) is 3.60. The SMILES string of the molecule is Cc1ccc(OC2CCc3ccccc3NC2=O)c(Br)c1. The Morgan fingerprint density at radius 3 is 2.86 bits per heavy atom. The maximum atomic E-state index is 12.3. The van der Waals surface area contributed by atoms with Crippen molar-refractivity contribution < 1.29 is 9.53 Å². The van der Waals surface area contributed by atoms with Gasteiger partial charge in [-0.2, -0.15) is 0 Å². The van der Waals surface area contributed by atoms with Crippen molar-refractivity contribution in [3.8, 4) is 5.75 Å². The number of rotatable bonds is 2. The highest BCUT2D eigenvalue weighted by Crippen LogP contribution is 2.29. The normalized spacial score (nSPS) is 17.6. The van der Waals surface area contributed by atoms with E-state index in [2.05, 4.69) is 21.2 Å². The molecular weight excluding hydrogens is 330 g/mol. The predicted molar refractivity (Wildman–Crippen MR) is 86.7 cm³/mol. The lowest BCUT2D eigenvalue weighted by Crippen LogP contribution is -2.31. The predicted octanol–water partition coefficient (Wildman–Crippen LogP) is 4.09. The first-order chi connectivity index (χ1) is 10.1. The first-order valence-electron chi connectivity index (χ1n) is 6.95. The Bertz CT molecular complexity index is 684. The van der Waals surface area contributed by atoms with Gasteiger partial charge in [-0.3, -0.25) is 4.79 Å². The van der Waals surface area contributed by atoms with Crippen molar-refractivity contribution in [3.63, 3.8) is 0 Å². The molecule has 0 saturated heterocycles. The number of hydrogen-bond donors (Lipinski definition) is 1. The Balaban J connectivity index is 1.80. The van der Waals surface area contributed by atoms with E-state index in [9.17, 15) is 4.79 Å². The van der Waals surface area contributed by atoms with Gasteiger partial charge in [0.2, 0.25) is 0 Å². The number of anilines is 1. The van der Waals surface area contributed by atoms with E-state index < -0.39 is 6.10 Å². The molecule has 2 aromatic carbocycles. The fraction of sp³-hybridized carbons (Fsp3) is 0.235. The smallest absolute Gasteiger partial charge is 0.265 e. The van der Waals surface area contributed by atoms with E-state index in [4.69, 9.17) is 4.74 Å². The molecule has 1 atom stereocenters. The topological polar surface area (TPSA) is 38.3 Å². The molecule has 0 aromatic heterocycles. The molecule has 1 unspecified atom stereocenters. The van der Waals surface area contributed by atoms with Gasteiger partial charge in [0.1, 0.15) is 5.75 Å². The molecule has 4 heteroatoms. The molecule has 1 N–H and O–H groups in total. The average Bonchev–Trinajstić information content (AvgIpc) is 2.61. The highest BCUT2D eigenvalue weighted by Gasteiger charge is 2.25. The van der Waals surface area contributed by atoms with Crippen LogP contribution in [0.2, 0.25) is 0 Å². The number of para-hydroxylation sites is 1. The number of fused-ring (bicyclic) bond motifs is 1. The Morgan fingerprint density at radius 2 is 2.05 bits per heavy atom. The van der Waals surface area contributed by atoms with Crippen LogP contribution in [0, 0.1) is 6.92 Å². The third kappa shape index (κ3) is 3.10. The van der Waals surface area contributed by atoms with Crippen molar-refractivity contribution in [1.29, 1.82) is 0 Å². The fourth-order valence-corrected chi connectivity index (χ4v) is 3.05. The second kappa shape index (κ2) is 5.90. The Hall–Kier alpha value is -1.81. The van der Waals surface area contributed by atoms with E-state index in [1.807, 2.05) is 49.4 Å². The number of carbonyl (C=O) groups is 1. The summed E-state index contributed by atoms with van der Waals surface area (Å²) in [6.07, 6.45) is 1.02. The number of benzene rings is 2. The summed E-state index contributed by atoms with van der Waals surface area (Å²) in [5.41, 5.74) is 3.18. The Labute approximate surface area is 132 Å². The van der Waals surface area contributed by atoms with Gasteiger partial charge in [0.05, 0.1) is 4.47 Å². The van der Waals surface area contributed by atoms with Crippen molar-refractivity contribution in [3.05, 3.63) is 58.1 Å². The number of amides is 1. The number of hydrogen-bond acceptors (Lipinski definition) is 2. The van der Waals surface area contributed by atoms with E-state index in [0.29, 0.717) is 12.2 Å². The van der Waals surface area contributed by atoms with E-state index in [-0.39, 0.29) is 5.91 Å². The lowest BCUT2D eigenvalue weighted by atomic mass is 10.1. The zero-order valence-electron chi connectivity index (χ0n) is 11.7. The molecular formula is C17H16BrNO2. The van der Waals surface area contributed by atoms with Crippen LogP contribution in [0.1, 0.15) is 17.5 Å². The van der Waals surface area contributed by atoms with Crippen LogP contribution in [0.25, 0.3) is 0 Å². The first kappa shape index (κ1) is 14.1. The maximum Gasteiger partial charge on any atom is 0.265 e. The van der Waals surface area contributed by atoms with Gasteiger partial charge >= 0.3 is 0 Å². The number of nitrogens with one attached hydrogen (secondary N) is 1. The van der Waals surface area contributed by atoms with Gasteiger partial charge in [0, 0.05) is 5.69 Å². The van der Waals surface area contributed by atoms with E-state index in [1.165, 1.54) is 0 Å². The van der Waals surface area contributed by atoms with Crippen LogP contribution >= 0.6 is 15.9 Å². The van der Waals surface area contributed by atoms with Gasteiger partial charge in [-0.1, -0.05) is 24.3 Å². The van der Waals surface area contributed by atoms with Gasteiger partial charge < -0.3 is 10.1 Å². The second-order valence-electron chi connectivity index (χ2n) is 5.23. The molecule has 1 aliphatic rings. The molecule has 1 amide bonds. The van der Waals surface area contributed by atoms with Gasteiger partial charge in [0.15, 0.2) is 6.10 Å². The van der Waals surface area contributed by atoms with Crippen molar-refractivity contribution in [2.24, 2.45) is 0 Å². The van der Waals surface area contributed by atoms with Crippen molar-refractivity contribution in [2.45, 2.75) is 25.9 Å².